The van der Waals surface area contributed by atoms with Crippen LogP contribution in [0.15, 0.2) is 109 Å². The number of esters is 1. The van der Waals surface area contributed by atoms with E-state index in [1.165, 1.54) is 79.4 Å². The van der Waals surface area contributed by atoms with Crippen LogP contribution < -0.4 is 29.5 Å². The van der Waals surface area contributed by atoms with E-state index in [1.54, 1.807) is 77.0 Å². The van der Waals surface area contributed by atoms with E-state index in [1.807, 2.05) is 19.9 Å². The Morgan fingerprint density at radius 2 is 1.40 bits per heavy atom. The van der Waals surface area contributed by atoms with Crippen LogP contribution in [0.2, 0.25) is 0 Å². The number of ketones is 3. The monoisotopic (exact) mass is 1790 g/mol. The van der Waals surface area contributed by atoms with Crippen molar-refractivity contribution in [2.45, 2.75) is 187 Å². The Hall–Kier alpha value is -11.2. The molecule has 0 radical (unpaired) electrons. The predicted octanol–water partition coefficient (Wildman–Crippen LogP) is 4.46. The molecule has 2 saturated heterocycles. The largest absolute Gasteiger partial charge is 0.501 e. The molecule has 5 aromatic rings. The van der Waals surface area contributed by atoms with Gasteiger partial charge >= 0.3 is 34.4 Å². The molecule has 9 N–H and O–H groups in total. The highest BCUT2D eigenvalue weighted by atomic mass is 32.3. The van der Waals surface area contributed by atoms with Crippen molar-refractivity contribution < 1.29 is 142 Å². The number of amides is 6. The van der Waals surface area contributed by atoms with Crippen molar-refractivity contribution in [2.24, 2.45) is 35.3 Å². The van der Waals surface area contributed by atoms with Gasteiger partial charge in [0.05, 0.1) is 95.1 Å². The number of methoxy groups -OCH3 is 3. The van der Waals surface area contributed by atoms with E-state index in [2.05, 4.69) is 20.9 Å². The lowest BCUT2D eigenvalue weighted by Gasteiger charge is -2.41. The number of nitrogens with zero attached hydrogens (tertiary/aromatic N) is 6. The van der Waals surface area contributed by atoms with Crippen LogP contribution in [0.5, 0.6) is 17.2 Å². The Labute approximate surface area is 730 Å². The first-order valence-corrected chi connectivity index (χ1v) is 42.4. The van der Waals surface area contributed by atoms with Crippen LogP contribution in [-0.2, 0) is 108 Å². The zero-order valence-electron chi connectivity index (χ0n) is 72.5. The summed E-state index contributed by atoms with van der Waals surface area (Å²) in [5.41, 5.74) is 6.36. The molecule has 7 rings (SSSR count). The summed E-state index contributed by atoms with van der Waals surface area (Å²) < 4.78 is 89.8. The van der Waals surface area contributed by atoms with Crippen LogP contribution in [0, 0.1) is 29.6 Å². The van der Waals surface area contributed by atoms with E-state index in [9.17, 15) is 91.5 Å². The minimum atomic E-state index is -5.22. The number of aliphatic carboxylic acids is 2. The van der Waals surface area contributed by atoms with E-state index in [0.29, 0.717) is 37.1 Å². The molecule has 126 heavy (non-hydrogen) atoms. The summed E-state index contributed by atoms with van der Waals surface area (Å²) >= 11 is 0. The van der Waals surface area contributed by atoms with Gasteiger partial charge in [0.25, 0.3) is 5.91 Å². The molecule has 0 saturated carbocycles. The fraction of sp³-hybridized carbons (Fsp3) is 0.535. The average molecular weight is 1790 g/mol. The summed E-state index contributed by atoms with van der Waals surface area (Å²) in [6.07, 6.45) is -8.28. The minimum Gasteiger partial charge on any atom is -0.481 e. The number of Topliss-reactive ketones (excluding diaryl/α,β-unsaturated/α-hetero) is 2. The molecule has 6 amide bonds. The van der Waals surface area contributed by atoms with Crippen LogP contribution >= 0.6 is 0 Å². The minimum absolute atomic E-state index is 0.0224. The second kappa shape index (κ2) is 49.1. The molecule has 2 aliphatic rings. The fourth-order valence-electron chi connectivity index (χ4n) is 14.6. The second-order valence-corrected chi connectivity index (χ2v) is 32.4. The molecule has 0 spiro atoms. The zero-order valence-corrected chi connectivity index (χ0v) is 73.3. The Kier molecular flexibility index (Phi) is 39.7. The molecule has 39 nitrogen and oxygen atoms in total. The van der Waals surface area contributed by atoms with Crippen LogP contribution in [0.4, 0.5) is 4.79 Å². The fourth-order valence-corrected chi connectivity index (χ4v) is 15.3. The number of carbonyl (C=O) groups excluding carboxylic acids is 10. The molecular formula is C86H115N9O30S. The van der Waals surface area contributed by atoms with Crippen molar-refractivity contribution in [3.05, 3.63) is 148 Å². The molecule has 3 heterocycles. The summed E-state index contributed by atoms with van der Waals surface area (Å²) in [6, 6.07) is 17.4. The summed E-state index contributed by atoms with van der Waals surface area (Å²) in [4.78, 5) is 163. The molecule has 1 aromatic heterocycles. The summed E-state index contributed by atoms with van der Waals surface area (Å²) in [5.74, 6) is -12.8. The van der Waals surface area contributed by atoms with Gasteiger partial charge in [-0.3, -0.25) is 48.1 Å². The Bertz CT molecular complexity index is 4680. The highest BCUT2D eigenvalue weighted by Crippen LogP contribution is 2.36. The third-order valence-corrected chi connectivity index (χ3v) is 22.3. The van der Waals surface area contributed by atoms with Gasteiger partial charge < -0.3 is 103 Å². The highest BCUT2D eigenvalue weighted by molar-refractivity contribution is 7.82. The number of allylic oxidation sites excluding steroid dienone is 1. The van der Waals surface area contributed by atoms with E-state index in [4.69, 9.17) is 56.7 Å². The molecule has 3 unspecified atom stereocenters. The SMILES string of the molecule is CCC(C)[C@@H]([C@@H](CC(=O)N1CCC[C@H]1[C@H](OC)[C@@H](C)C(=O)CC(Cc1ccccc1)C(=O)O)OC)N(C)C(=O)[C@@H](NC(=O)[C@H](C(C)C)N(C)C(=O)OCc1ccc(OS(=O)(=O)Oc2cc(C(=O)CCCOCCn3cc(COCCOCCNC(=O)c4cc(C(=O)/C=C/C(N)=O)cc(C(=O)OC)c4)nn3)ccc2OC2O[C@H](C(=O)O)[C@@H](O)[C@H](O)[C@H]2O)cc1)C(C)C. The lowest BCUT2D eigenvalue weighted by atomic mass is 9.85. The molecule has 0 aliphatic carbocycles. The van der Waals surface area contributed by atoms with E-state index >= 15 is 0 Å². The van der Waals surface area contributed by atoms with Crippen molar-refractivity contribution in [2.75, 3.05) is 81.5 Å². The van der Waals surface area contributed by atoms with Gasteiger partial charge in [-0.1, -0.05) is 103 Å². The van der Waals surface area contributed by atoms with Gasteiger partial charge in [-0.05, 0) is 109 Å². The van der Waals surface area contributed by atoms with Crippen LogP contribution in [-0.4, -0.2) is 283 Å². The molecular weight excluding hydrogens is 1670 g/mol. The van der Waals surface area contributed by atoms with Gasteiger partial charge in [0.1, 0.15) is 54.2 Å². The highest BCUT2D eigenvalue weighted by Gasteiger charge is 2.49. The molecule has 2 aliphatic heterocycles. The zero-order chi connectivity index (χ0) is 92.8. The van der Waals surface area contributed by atoms with Gasteiger partial charge in [-0.25, -0.2) is 19.1 Å². The molecule has 0 bridgehead atoms. The smallest absolute Gasteiger partial charge is 0.481 e. The van der Waals surface area contributed by atoms with Crippen LogP contribution in [0.25, 0.3) is 0 Å². The summed E-state index contributed by atoms with van der Waals surface area (Å²) in [5, 5.41) is 65.1. The number of aromatic nitrogens is 3. The van der Waals surface area contributed by atoms with Gasteiger partial charge in [-0.2, -0.15) is 0 Å². The quantitative estimate of drug-likeness (QED) is 0.0115. The first-order valence-electron chi connectivity index (χ1n) is 41.1. The van der Waals surface area contributed by atoms with E-state index in [-0.39, 0.29) is 130 Å². The van der Waals surface area contributed by atoms with Crippen molar-refractivity contribution in [1.29, 1.82) is 0 Å². The predicted molar refractivity (Wildman–Crippen MR) is 446 cm³/mol. The number of aliphatic hydroxyl groups excluding tert-OH is 3. The second-order valence-electron chi connectivity index (χ2n) is 31.2. The summed E-state index contributed by atoms with van der Waals surface area (Å²) in [6.45, 7) is 13.3. The maximum absolute atomic E-state index is 14.9. The standard InChI is InChI=1S/C86H115N9O30S/c1-13-51(6)73(68(115-10)45-70(100)95-32-17-21-62(95)77(116-11)52(7)65(98)43-58(82(107)108)39-53-19-15-14-16-20-53)92(8)81(106)71(49(2)3)89-80(105)72(50(4)5)93(9)86(112)121-47-54-23-26-61(27-24-54)124-126(113,114)125-67-44-55(25-29-66(67)122-85-76(103)74(101)75(102)78(123-85)83(109)110)63(96)22-18-34-118-36-33-94-46-60(90-91-94)48-120-38-37-119-35-31-88-79(104)57-40-56(64(97)28-30-69(87)99)41-59(42-57)84(111)117-12/h14-16,19-20,23-30,40-42,44,46,49-52,58,62,68,71-78,85,101-103H,13,17-18,21-22,31-39,43,45,47-48H2,1-12H3,(H2,87,99)(H,88,104)(H,89,105)(H,107,108)(H,109,110)/b30-28+/t51?,52-,58?,62-,68+,71-,72-,73-,74-,75-,76+,77+,78-,85?/m0/s1. The number of carboxylic acid groups (broad SMARTS) is 2. The summed E-state index contributed by atoms with van der Waals surface area (Å²) in [7, 11) is 1.75. The molecule has 14 atom stereocenters. The Balaban J connectivity index is 0.896. The molecule has 4 aromatic carbocycles. The number of nitrogens with one attached hydrogen (secondary N) is 2. The van der Waals surface area contributed by atoms with Crippen molar-refractivity contribution in [3.8, 4) is 17.2 Å². The normalized spacial score (nSPS) is 18.4. The number of primary amides is 1. The third-order valence-electron chi connectivity index (χ3n) is 21.5. The Morgan fingerprint density at radius 3 is 2.04 bits per heavy atom. The number of aliphatic hydroxyl groups is 3. The maximum Gasteiger partial charge on any atom is 0.501 e. The number of rotatable bonds is 52. The van der Waals surface area contributed by atoms with Gasteiger partial charge in [0.15, 0.2) is 29.2 Å². The van der Waals surface area contributed by atoms with Crippen LogP contribution in [0.1, 0.15) is 152 Å². The molecule has 690 valence electrons. The number of ether oxygens (including phenoxy) is 9. The number of carboxylic acids is 2. The topological polar surface area (TPSA) is 532 Å². The maximum atomic E-state index is 14.9. The van der Waals surface area contributed by atoms with Crippen molar-refractivity contribution in [3.63, 3.8) is 0 Å². The number of nitrogens with two attached hydrogens (primary N) is 1. The van der Waals surface area contributed by atoms with E-state index < -0.39 is 178 Å². The molecule has 2 fully saturated rings. The van der Waals surface area contributed by atoms with Crippen molar-refractivity contribution in [1.82, 2.24) is 40.3 Å². The van der Waals surface area contributed by atoms with Crippen molar-refractivity contribution >= 4 is 81.3 Å². The number of hydrogen-bond donors (Lipinski definition) is 8. The lowest BCUT2D eigenvalue weighted by molar-refractivity contribution is -0.271. The van der Waals surface area contributed by atoms with Crippen LogP contribution in [0.3, 0.4) is 0 Å². The van der Waals surface area contributed by atoms with E-state index in [0.717, 1.165) is 41.9 Å². The van der Waals surface area contributed by atoms with Gasteiger partial charge in [0, 0.05) is 89.5 Å². The van der Waals surface area contributed by atoms with Gasteiger partial charge in [0.2, 0.25) is 29.9 Å². The number of carbonyl (C=O) groups is 12. The number of likely N-dealkylation sites (tertiary alicyclic amines) is 1. The first kappa shape index (κ1) is 102. The van der Waals surface area contributed by atoms with Gasteiger partial charge in [-0.15, -0.1) is 13.5 Å². The number of benzene rings is 4. The average Bonchev–Trinajstić information content (AvgIpc) is 0.974. The number of likely N-dealkylation sites (N-methyl/N-ethyl adjacent to an activating group) is 2. The first-order chi connectivity index (χ1) is 59.8. The number of hydrogen-bond acceptors (Lipinski definition) is 30. The molecule has 40 heteroatoms. The lowest BCUT2D eigenvalue weighted by Crippen LogP contribution is -2.61. The Morgan fingerprint density at radius 1 is 0.714 bits per heavy atom. The third kappa shape index (κ3) is 29.4.